The fraction of sp³-hybridized carbons (Fsp3) is 0.500. The van der Waals surface area contributed by atoms with Crippen molar-refractivity contribution in [3.8, 4) is 0 Å². The largest absolute Gasteiger partial charge is 0.353 e. The van der Waals surface area contributed by atoms with Crippen LogP contribution in [-0.2, 0) is 4.79 Å². The Labute approximate surface area is 109 Å². The van der Waals surface area contributed by atoms with Gasteiger partial charge >= 0.3 is 0 Å². The molecule has 0 saturated carbocycles. The second kappa shape index (κ2) is 7.13. The molecule has 100 valence electrons. The Morgan fingerprint density at radius 3 is 2.39 bits per heavy atom. The smallest absolute Gasteiger partial charge is 0.236 e. The summed E-state index contributed by atoms with van der Waals surface area (Å²) >= 11 is 0. The van der Waals surface area contributed by atoms with Crippen LogP contribution in [0.3, 0.4) is 0 Å². The number of carbonyl (C=O) groups excluding carboxylic acids is 1. The number of amides is 1. The van der Waals surface area contributed by atoms with E-state index in [1.165, 1.54) is 0 Å². The zero-order valence-electron chi connectivity index (χ0n) is 11.1. The fourth-order valence-electron chi connectivity index (χ4n) is 1.77. The number of carbonyl (C=O) groups is 1. The average molecular weight is 249 g/mol. The summed E-state index contributed by atoms with van der Waals surface area (Å²) in [6.07, 6.45) is 0.687. The number of nitrogens with two attached hydrogens (primary N) is 2. The molecule has 1 amide bonds. The van der Waals surface area contributed by atoms with Gasteiger partial charge in [0.05, 0.1) is 6.04 Å². The lowest BCUT2D eigenvalue weighted by atomic mass is 10.0. The third-order valence-corrected chi connectivity index (χ3v) is 2.79. The van der Waals surface area contributed by atoms with Gasteiger partial charge in [0.25, 0.3) is 0 Å². The predicted octanol–water partition coefficient (Wildman–Crippen LogP) is 1.18. The monoisotopic (exact) mass is 249 g/mol. The summed E-state index contributed by atoms with van der Waals surface area (Å²) in [6, 6.07) is 9.06. The number of hydrogen-bond acceptors (Lipinski definition) is 3. The molecule has 0 radical (unpaired) electrons. The number of nitrogens with one attached hydrogen (secondary N) is 1. The highest BCUT2D eigenvalue weighted by molar-refractivity contribution is 5.81. The van der Waals surface area contributed by atoms with Gasteiger partial charge in [-0.2, -0.15) is 0 Å². The molecule has 0 spiro atoms. The molecule has 0 saturated heterocycles. The molecule has 2 atom stereocenters. The highest BCUT2D eigenvalue weighted by atomic mass is 16.2. The summed E-state index contributed by atoms with van der Waals surface area (Å²) in [5.74, 6) is 0.281. The van der Waals surface area contributed by atoms with Crippen LogP contribution in [0.15, 0.2) is 30.3 Å². The van der Waals surface area contributed by atoms with E-state index in [-0.39, 0.29) is 11.9 Å². The number of hydrogen-bond donors (Lipinski definition) is 3. The van der Waals surface area contributed by atoms with E-state index < -0.39 is 6.04 Å². The first kappa shape index (κ1) is 14.7. The van der Waals surface area contributed by atoms with Crippen molar-refractivity contribution in [2.45, 2.75) is 32.4 Å². The third-order valence-electron chi connectivity index (χ3n) is 2.79. The van der Waals surface area contributed by atoms with Crippen LogP contribution >= 0.6 is 0 Å². The first-order chi connectivity index (χ1) is 8.50. The summed E-state index contributed by atoms with van der Waals surface area (Å²) in [7, 11) is 0. The van der Waals surface area contributed by atoms with Crippen LogP contribution in [0.2, 0.25) is 0 Å². The van der Waals surface area contributed by atoms with Crippen molar-refractivity contribution >= 4 is 5.91 Å². The van der Waals surface area contributed by atoms with Gasteiger partial charge in [-0.25, -0.2) is 0 Å². The van der Waals surface area contributed by atoms with Gasteiger partial charge in [-0.1, -0.05) is 44.2 Å². The van der Waals surface area contributed by atoms with Gasteiger partial charge in [0.2, 0.25) is 5.91 Å². The van der Waals surface area contributed by atoms with E-state index in [9.17, 15) is 4.79 Å². The standard InChI is InChI=1S/C14H23N3O/c1-10(2)8-12(15)14(18)17-9-13(16)11-6-4-3-5-7-11/h3-7,10,12-13H,8-9,15-16H2,1-2H3,(H,17,18)/t12-,13?/m0/s1. The van der Waals surface area contributed by atoms with E-state index >= 15 is 0 Å². The first-order valence-corrected chi connectivity index (χ1v) is 6.34. The molecule has 4 heteroatoms. The van der Waals surface area contributed by atoms with E-state index in [0.29, 0.717) is 18.9 Å². The SMILES string of the molecule is CC(C)C[C@H](N)C(=O)NCC(N)c1ccccc1. The maximum atomic E-state index is 11.7. The van der Waals surface area contributed by atoms with E-state index in [4.69, 9.17) is 11.5 Å². The zero-order chi connectivity index (χ0) is 13.5. The summed E-state index contributed by atoms with van der Waals surface area (Å²) in [5, 5.41) is 2.80. The Balaban J connectivity index is 2.39. The van der Waals surface area contributed by atoms with Crippen molar-refractivity contribution < 1.29 is 4.79 Å². The average Bonchev–Trinajstić information content (AvgIpc) is 2.35. The molecule has 1 unspecified atom stereocenters. The maximum absolute atomic E-state index is 11.7. The minimum atomic E-state index is -0.451. The molecular weight excluding hydrogens is 226 g/mol. The Morgan fingerprint density at radius 1 is 1.22 bits per heavy atom. The van der Waals surface area contributed by atoms with Gasteiger partial charge in [-0.05, 0) is 17.9 Å². The van der Waals surface area contributed by atoms with Gasteiger partial charge < -0.3 is 16.8 Å². The molecule has 0 aliphatic heterocycles. The molecule has 5 N–H and O–H groups in total. The summed E-state index contributed by atoms with van der Waals surface area (Å²) < 4.78 is 0. The van der Waals surface area contributed by atoms with E-state index in [0.717, 1.165) is 5.56 Å². The minimum absolute atomic E-state index is 0.130. The second-order valence-electron chi connectivity index (χ2n) is 5.00. The van der Waals surface area contributed by atoms with E-state index in [2.05, 4.69) is 5.32 Å². The second-order valence-corrected chi connectivity index (χ2v) is 5.00. The van der Waals surface area contributed by atoms with Crippen molar-refractivity contribution in [3.63, 3.8) is 0 Å². The fourth-order valence-corrected chi connectivity index (χ4v) is 1.77. The Morgan fingerprint density at radius 2 is 1.83 bits per heavy atom. The van der Waals surface area contributed by atoms with Crippen LogP contribution in [0.5, 0.6) is 0 Å². The Hall–Kier alpha value is -1.39. The maximum Gasteiger partial charge on any atom is 0.236 e. The molecule has 0 bridgehead atoms. The Bertz CT molecular complexity index is 365. The Kier molecular flexibility index (Phi) is 5.82. The highest BCUT2D eigenvalue weighted by Crippen LogP contribution is 2.08. The van der Waals surface area contributed by atoms with Crippen LogP contribution in [0.25, 0.3) is 0 Å². The molecule has 0 aliphatic carbocycles. The molecule has 0 fully saturated rings. The van der Waals surface area contributed by atoms with Gasteiger partial charge in [0.15, 0.2) is 0 Å². The van der Waals surface area contributed by atoms with Crippen LogP contribution in [0.1, 0.15) is 31.9 Å². The van der Waals surface area contributed by atoms with Crippen LogP contribution in [0.4, 0.5) is 0 Å². The first-order valence-electron chi connectivity index (χ1n) is 6.34. The molecule has 0 aromatic heterocycles. The molecule has 18 heavy (non-hydrogen) atoms. The number of rotatable bonds is 6. The van der Waals surface area contributed by atoms with Crippen molar-refractivity contribution in [1.82, 2.24) is 5.32 Å². The van der Waals surface area contributed by atoms with Crippen molar-refractivity contribution in [3.05, 3.63) is 35.9 Å². The molecule has 1 aromatic carbocycles. The van der Waals surface area contributed by atoms with Crippen molar-refractivity contribution in [2.75, 3.05) is 6.54 Å². The lowest BCUT2D eigenvalue weighted by molar-refractivity contribution is -0.122. The van der Waals surface area contributed by atoms with Gasteiger partial charge in [-0.15, -0.1) is 0 Å². The van der Waals surface area contributed by atoms with Gasteiger partial charge in [0.1, 0.15) is 0 Å². The molecule has 4 nitrogen and oxygen atoms in total. The third kappa shape index (κ3) is 4.85. The minimum Gasteiger partial charge on any atom is -0.353 e. The molecule has 0 aliphatic rings. The predicted molar refractivity (Wildman–Crippen MR) is 73.8 cm³/mol. The topological polar surface area (TPSA) is 81.1 Å². The highest BCUT2D eigenvalue weighted by Gasteiger charge is 2.15. The molecule has 1 rings (SSSR count). The van der Waals surface area contributed by atoms with Crippen LogP contribution in [-0.4, -0.2) is 18.5 Å². The normalized spacial score (nSPS) is 14.3. The van der Waals surface area contributed by atoms with Crippen molar-refractivity contribution in [1.29, 1.82) is 0 Å². The molecule has 0 heterocycles. The van der Waals surface area contributed by atoms with E-state index in [1.807, 2.05) is 44.2 Å². The van der Waals surface area contributed by atoms with E-state index in [1.54, 1.807) is 0 Å². The molecule has 1 aromatic rings. The number of benzene rings is 1. The zero-order valence-corrected chi connectivity index (χ0v) is 11.1. The summed E-state index contributed by atoms with van der Waals surface area (Å²) in [4.78, 5) is 11.7. The van der Waals surface area contributed by atoms with Crippen LogP contribution in [0, 0.1) is 5.92 Å². The lowest BCUT2D eigenvalue weighted by Gasteiger charge is -2.17. The summed E-state index contributed by atoms with van der Waals surface area (Å²) in [5.41, 5.74) is 12.8. The van der Waals surface area contributed by atoms with Gasteiger partial charge in [0, 0.05) is 12.6 Å². The lowest BCUT2D eigenvalue weighted by Crippen LogP contribution is -2.43. The molecular formula is C14H23N3O. The van der Waals surface area contributed by atoms with Gasteiger partial charge in [-0.3, -0.25) is 4.79 Å². The van der Waals surface area contributed by atoms with Crippen LogP contribution < -0.4 is 16.8 Å². The summed E-state index contributed by atoms with van der Waals surface area (Å²) in [6.45, 7) is 4.50. The van der Waals surface area contributed by atoms with Crippen molar-refractivity contribution in [2.24, 2.45) is 17.4 Å². The quantitative estimate of drug-likeness (QED) is 0.708.